The molecule has 0 radical (unpaired) electrons. The van der Waals surface area contributed by atoms with Gasteiger partial charge in [0.2, 0.25) is 5.91 Å². The van der Waals surface area contributed by atoms with Crippen LogP contribution in [0.15, 0.2) is 18.2 Å². The van der Waals surface area contributed by atoms with E-state index in [0.717, 1.165) is 30.6 Å². The molecule has 1 aromatic rings. The number of amides is 1. The molecular formula is C14H20Cl2N2O. The van der Waals surface area contributed by atoms with Crippen molar-refractivity contribution in [1.29, 1.82) is 0 Å². The Labute approximate surface area is 125 Å². The van der Waals surface area contributed by atoms with Crippen molar-refractivity contribution in [3.8, 4) is 0 Å². The third-order valence-electron chi connectivity index (χ3n) is 3.52. The van der Waals surface area contributed by atoms with Gasteiger partial charge in [-0.15, -0.1) is 12.4 Å². The Morgan fingerprint density at radius 3 is 2.89 bits per heavy atom. The Bertz CT molecular complexity index is 451. The lowest BCUT2D eigenvalue weighted by atomic mass is 9.92. The zero-order chi connectivity index (χ0) is 13.1. The van der Waals surface area contributed by atoms with E-state index >= 15 is 0 Å². The standard InChI is InChI=1S/C14H19ClN2O.ClH/c1-9-8-11(6-7-16-9)14(18)17-13-5-3-4-12(15)10(13)2;/h3-5,9,11,16H,6-8H2,1-2H3,(H,17,18);1H/t9-,11-;/m0./s1. The van der Waals surface area contributed by atoms with Gasteiger partial charge in [-0.25, -0.2) is 0 Å². The van der Waals surface area contributed by atoms with E-state index in [1.165, 1.54) is 0 Å². The number of anilines is 1. The van der Waals surface area contributed by atoms with Crippen LogP contribution >= 0.6 is 24.0 Å². The van der Waals surface area contributed by atoms with Crippen molar-refractivity contribution < 1.29 is 4.79 Å². The molecule has 0 bridgehead atoms. The first-order valence-corrected chi connectivity index (χ1v) is 6.75. The van der Waals surface area contributed by atoms with Crippen LogP contribution in [0.5, 0.6) is 0 Å². The lowest BCUT2D eigenvalue weighted by molar-refractivity contribution is -0.120. The molecule has 2 N–H and O–H groups in total. The molecular weight excluding hydrogens is 283 g/mol. The van der Waals surface area contributed by atoms with Gasteiger partial charge in [-0.05, 0) is 50.9 Å². The Morgan fingerprint density at radius 1 is 1.47 bits per heavy atom. The summed E-state index contributed by atoms with van der Waals surface area (Å²) in [6, 6.07) is 5.99. The van der Waals surface area contributed by atoms with Gasteiger partial charge < -0.3 is 10.6 Å². The number of rotatable bonds is 2. The monoisotopic (exact) mass is 302 g/mol. The maximum absolute atomic E-state index is 12.2. The molecule has 0 aromatic heterocycles. The van der Waals surface area contributed by atoms with Crippen molar-refractivity contribution in [2.45, 2.75) is 32.7 Å². The number of halogens is 2. The lowest BCUT2D eigenvalue weighted by Gasteiger charge is -2.27. The van der Waals surface area contributed by atoms with E-state index in [1.807, 2.05) is 25.1 Å². The summed E-state index contributed by atoms with van der Waals surface area (Å²) in [4.78, 5) is 12.2. The smallest absolute Gasteiger partial charge is 0.227 e. The van der Waals surface area contributed by atoms with E-state index in [9.17, 15) is 4.79 Å². The van der Waals surface area contributed by atoms with Gasteiger partial charge >= 0.3 is 0 Å². The Hall–Kier alpha value is -0.770. The number of hydrogen-bond donors (Lipinski definition) is 2. The van der Waals surface area contributed by atoms with Crippen LogP contribution in [0.4, 0.5) is 5.69 Å². The van der Waals surface area contributed by atoms with Crippen molar-refractivity contribution in [3.63, 3.8) is 0 Å². The number of hydrogen-bond acceptors (Lipinski definition) is 2. The quantitative estimate of drug-likeness (QED) is 0.879. The van der Waals surface area contributed by atoms with Crippen LogP contribution in [0.2, 0.25) is 5.02 Å². The average molecular weight is 303 g/mol. The van der Waals surface area contributed by atoms with Gasteiger partial charge in [0, 0.05) is 22.7 Å². The first-order chi connectivity index (χ1) is 8.58. The van der Waals surface area contributed by atoms with Crippen molar-refractivity contribution in [2.24, 2.45) is 5.92 Å². The van der Waals surface area contributed by atoms with E-state index in [4.69, 9.17) is 11.6 Å². The van der Waals surface area contributed by atoms with Crippen molar-refractivity contribution in [2.75, 3.05) is 11.9 Å². The van der Waals surface area contributed by atoms with E-state index in [0.29, 0.717) is 11.1 Å². The normalized spacial score (nSPS) is 22.5. The molecule has 3 nitrogen and oxygen atoms in total. The summed E-state index contributed by atoms with van der Waals surface area (Å²) >= 11 is 6.04. The van der Waals surface area contributed by atoms with Crippen LogP contribution in [0.25, 0.3) is 0 Å². The van der Waals surface area contributed by atoms with Gasteiger partial charge in [0.1, 0.15) is 0 Å². The SMILES string of the molecule is Cc1c(Cl)cccc1NC(=O)[C@H]1CCN[C@@H](C)C1.Cl. The number of carbonyl (C=O) groups is 1. The van der Waals surface area contributed by atoms with Gasteiger partial charge in [-0.1, -0.05) is 17.7 Å². The highest BCUT2D eigenvalue weighted by molar-refractivity contribution is 6.31. The van der Waals surface area contributed by atoms with Crippen LogP contribution < -0.4 is 10.6 Å². The molecule has 5 heteroatoms. The second kappa shape index (κ2) is 7.13. The van der Waals surface area contributed by atoms with Gasteiger partial charge in [0.05, 0.1) is 0 Å². The molecule has 2 atom stereocenters. The molecule has 1 aliphatic heterocycles. The summed E-state index contributed by atoms with van der Waals surface area (Å²) in [5.41, 5.74) is 1.74. The van der Waals surface area contributed by atoms with E-state index in [-0.39, 0.29) is 24.2 Å². The number of piperidine rings is 1. The first-order valence-electron chi connectivity index (χ1n) is 6.37. The van der Waals surface area contributed by atoms with Gasteiger partial charge in [-0.2, -0.15) is 0 Å². The van der Waals surface area contributed by atoms with Crippen LogP contribution in [0.3, 0.4) is 0 Å². The summed E-state index contributed by atoms with van der Waals surface area (Å²) in [6.45, 7) is 4.95. The summed E-state index contributed by atoms with van der Waals surface area (Å²) in [5, 5.41) is 7.03. The molecule has 106 valence electrons. The second-order valence-corrected chi connectivity index (χ2v) is 5.39. The van der Waals surface area contributed by atoms with Crippen LogP contribution in [-0.4, -0.2) is 18.5 Å². The molecule has 19 heavy (non-hydrogen) atoms. The first kappa shape index (κ1) is 16.3. The van der Waals surface area contributed by atoms with Crippen LogP contribution in [0, 0.1) is 12.8 Å². The molecule has 1 fully saturated rings. The third kappa shape index (κ3) is 4.10. The fourth-order valence-corrected chi connectivity index (χ4v) is 2.52. The number of carbonyl (C=O) groups excluding carboxylic acids is 1. The minimum Gasteiger partial charge on any atom is -0.326 e. The number of nitrogens with one attached hydrogen (secondary N) is 2. The van der Waals surface area contributed by atoms with Gasteiger partial charge in [-0.3, -0.25) is 4.79 Å². The van der Waals surface area contributed by atoms with Crippen molar-refractivity contribution in [1.82, 2.24) is 5.32 Å². The molecule has 1 aliphatic rings. The molecule has 1 heterocycles. The molecule has 0 spiro atoms. The molecule has 0 saturated carbocycles. The van der Waals surface area contributed by atoms with Crippen LogP contribution in [0.1, 0.15) is 25.3 Å². The van der Waals surface area contributed by atoms with Crippen molar-refractivity contribution >= 4 is 35.6 Å². The van der Waals surface area contributed by atoms with Crippen LogP contribution in [-0.2, 0) is 4.79 Å². The Kier molecular flexibility index (Phi) is 6.11. The molecule has 0 aliphatic carbocycles. The second-order valence-electron chi connectivity index (χ2n) is 4.98. The molecule has 0 unspecified atom stereocenters. The summed E-state index contributed by atoms with van der Waals surface area (Å²) < 4.78 is 0. The Balaban J connectivity index is 0.00000180. The van der Waals surface area contributed by atoms with Gasteiger partial charge in [0.25, 0.3) is 0 Å². The highest BCUT2D eigenvalue weighted by Gasteiger charge is 2.24. The molecule has 1 aromatic carbocycles. The molecule has 2 rings (SSSR count). The largest absolute Gasteiger partial charge is 0.326 e. The Morgan fingerprint density at radius 2 is 2.21 bits per heavy atom. The molecule has 1 saturated heterocycles. The lowest BCUT2D eigenvalue weighted by Crippen LogP contribution is -2.40. The minimum absolute atomic E-state index is 0. The molecule has 1 amide bonds. The maximum atomic E-state index is 12.2. The van der Waals surface area contributed by atoms with E-state index in [2.05, 4.69) is 17.6 Å². The third-order valence-corrected chi connectivity index (χ3v) is 3.93. The van der Waals surface area contributed by atoms with Crippen molar-refractivity contribution in [3.05, 3.63) is 28.8 Å². The predicted molar refractivity (Wildman–Crippen MR) is 82.3 cm³/mol. The predicted octanol–water partition coefficient (Wildman–Crippen LogP) is 3.40. The highest BCUT2D eigenvalue weighted by atomic mass is 35.5. The maximum Gasteiger partial charge on any atom is 0.227 e. The fraction of sp³-hybridized carbons (Fsp3) is 0.500. The number of benzene rings is 1. The average Bonchev–Trinajstić information content (AvgIpc) is 2.35. The van der Waals surface area contributed by atoms with E-state index < -0.39 is 0 Å². The zero-order valence-electron chi connectivity index (χ0n) is 11.2. The highest BCUT2D eigenvalue weighted by Crippen LogP contribution is 2.25. The summed E-state index contributed by atoms with van der Waals surface area (Å²) in [5.74, 6) is 0.202. The zero-order valence-corrected chi connectivity index (χ0v) is 12.8. The topological polar surface area (TPSA) is 41.1 Å². The van der Waals surface area contributed by atoms with E-state index in [1.54, 1.807) is 0 Å². The summed E-state index contributed by atoms with van der Waals surface area (Å²) in [7, 11) is 0. The minimum atomic E-state index is 0. The van der Waals surface area contributed by atoms with Gasteiger partial charge in [0.15, 0.2) is 0 Å². The summed E-state index contributed by atoms with van der Waals surface area (Å²) in [6.07, 6.45) is 1.79. The fourth-order valence-electron chi connectivity index (χ4n) is 2.35.